The van der Waals surface area contributed by atoms with Crippen molar-refractivity contribution in [3.8, 4) is 11.3 Å². The predicted molar refractivity (Wildman–Crippen MR) is 69.2 cm³/mol. The molecular formula is C13H14N2S. The molecule has 82 valence electrons. The van der Waals surface area contributed by atoms with Gasteiger partial charge in [-0.2, -0.15) is 0 Å². The minimum atomic E-state index is 1.06. The van der Waals surface area contributed by atoms with Gasteiger partial charge >= 0.3 is 0 Å². The highest BCUT2D eigenvalue weighted by atomic mass is 32.1. The van der Waals surface area contributed by atoms with Crippen molar-refractivity contribution < 1.29 is 0 Å². The van der Waals surface area contributed by atoms with E-state index in [1.807, 2.05) is 0 Å². The molecular weight excluding hydrogens is 216 g/mol. The first-order chi connectivity index (χ1) is 7.74. The standard InChI is InChI=1S/C13H14N2S/c1-8-13(15-9(2)16-8)11-3-4-12-10(7-11)5-6-14-12/h3-4,7,14H,5-6H2,1-2H3. The van der Waals surface area contributed by atoms with Crippen LogP contribution in [0.25, 0.3) is 11.3 Å². The normalized spacial score (nSPS) is 13.6. The van der Waals surface area contributed by atoms with Crippen LogP contribution in [0.1, 0.15) is 15.4 Å². The molecule has 0 spiro atoms. The zero-order valence-electron chi connectivity index (χ0n) is 9.50. The Morgan fingerprint density at radius 1 is 1.31 bits per heavy atom. The second-order valence-corrected chi connectivity index (χ2v) is 5.59. The molecule has 0 amide bonds. The van der Waals surface area contributed by atoms with E-state index in [-0.39, 0.29) is 0 Å². The molecule has 3 heteroatoms. The number of aromatic nitrogens is 1. The lowest BCUT2D eigenvalue weighted by Gasteiger charge is -2.03. The second-order valence-electron chi connectivity index (χ2n) is 4.19. The topological polar surface area (TPSA) is 24.9 Å². The summed E-state index contributed by atoms with van der Waals surface area (Å²) >= 11 is 1.77. The lowest BCUT2D eigenvalue weighted by molar-refractivity contribution is 1.11. The van der Waals surface area contributed by atoms with E-state index >= 15 is 0 Å². The number of rotatable bonds is 1. The minimum absolute atomic E-state index is 1.06. The highest BCUT2D eigenvalue weighted by Gasteiger charge is 2.13. The van der Waals surface area contributed by atoms with Crippen molar-refractivity contribution in [1.82, 2.24) is 4.98 Å². The van der Waals surface area contributed by atoms with Crippen LogP contribution >= 0.6 is 11.3 Å². The first-order valence-corrected chi connectivity index (χ1v) is 6.37. The van der Waals surface area contributed by atoms with Crippen LogP contribution in [0.5, 0.6) is 0 Å². The number of nitrogens with zero attached hydrogens (tertiary/aromatic N) is 1. The van der Waals surface area contributed by atoms with Crippen molar-refractivity contribution >= 4 is 17.0 Å². The van der Waals surface area contributed by atoms with Crippen LogP contribution in [0.3, 0.4) is 0 Å². The number of nitrogens with one attached hydrogen (secondary N) is 1. The van der Waals surface area contributed by atoms with E-state index in [0.717, 1.165) is 23.7 Å². The Kier molecular flexibility index (Phi) is 2.21. The van der Waals surface area contributed by atoms with E-state index in [4.69, 9.17) is 0 Å². The van der Waals surface area contributed by atoms with Gasteiger partial charge in [0.2, 0.25) is 0 Å². The van der Waals surface area contributed by atoms with Crippen LogP contribution < -0.4 is 5.32 Å². The quantitative estimate of drug-likeness (QED) is 0.812. The van der Waals surface area contributed by atoms with Crippen molar-refractivity contribution in [1.29, 1.82) is 0 Å². The maximum atomic E-state index is 4.60. The number of benzene rings is 1. The fraction of sp³-hybridized carbons (Fsp3) is 0.308. The summed E-state index contributed by atoms with van der Waals surface area (Å²) in [6.07, 6.45) is 1.13. The minimum Gasteiger partial charge on any atom is -0.384 e. The van der Waals surface area contributed by atoms with Crippen LogP contribution in [-0.2, 0) is 6.42 Å². The first kappa shape index (κ1) is 9.85. The SMILES string of the molecule is Cc1nc(-c2ccc3c(c2)CCN3)c(C)s1. The van der Waals surface area contributed by atoms with Crippen LogP contribution in [0.2, 0.25) is 0 Å². The Bertz CT molecular complexity index is 543. The molecule has 0 atom stereocenters. The molecule has 2 nitrogen and oxygen atoms in total. The average Bonchev–Trinajstić information content (AvgIpc) is 2.83. The van der Waals surface area contributed by atoms with Gasteiger partial charge in [-0.3, -0.25) is 0 Å². The number of thiazole rings is 1. The number of anilines is 1. The Labute approximate surface area is 99.4 Å². The fourth-order valence-corrected chi connectivity index (χ4v) is 3.09. The summed E-state index contributed by atoms with van der Waals surface area (Å²) in [6.45, 7) is 5.27. The number of aryl methyl sites for hydroxylation is 2. The van der Waals surface area contributed by atoms with Gasteiger partial charge < -0.3 is 5.32 Å². The molecule has 1 aromatic carbocycles. The monoisotopic (exact) mass is 230 g/mol. The van der Waals surface area contributed by atoms with Gasteiger partial charge in [-0.05, 0) is 38.0 Å². The second kappa shape index (κ2) is 3.59. The van der Waals surface area contributed by atoms with Crippen molar-refractivity contribution in [2.24, 2.45) is 0 Å². The van der Waals surface area contributed by atoms with E-state index < -0.39 is 0 Å². The van der Waals surface area contributed by atoms with Gasteiger partial charge in [-0.25, -0.2) is 4.98 Å². The van der Waals surface area contributed by atoms with E-state index in [1.54, 1.807) is 11.3 Å². The molecule has 3 rings (SSSR count). The summed E-state index contributed by atoms with van der Waals surface area (Å²) in [6, 6.07) is 6.61. The maximum Gasteiger partial charge on any atom is 0.0904 e. The zero-order chi connectivity index (χ0) is 11.1. The molecule has 1 N–H and O–H groups in total. The molecule has 0 unspecified atom stereocenters. The van der Waals surface area contributed by atoms with Crippen molar-refractivity contribution in [2.75, 3.05) is 11.9 Å². The van der Waals surface area contributed by atoms with Gasteiger partial charge in [0.25, 0.3) is 0 Å². The van der Waals surface area contributed by atoms with Crippen LogP contribution in [-0.4, -0.2) is 11.5 Å². The Morgan fingerprint density at radius 2 is 2.19 bits per heavy atom. The molecule has 1 aliphatic rings. The molecule has 1 aromatic heterocycles. The van der Waals surface area contributed by atoms with Crippen molar-refractivity contribution in [3.05, 3.63) is 33.6 Å². The summed E-state index contributed by atoms with van der Waals surface area (Å²) in [5, 5.41) is 4.53. The van der Waals surface area contributed by atoms with Crippen molar-refractivity contribution in [2.45, 2.75) is 20.3 Å². The van der Waals surface area contributed by atoms with Gasteiger partial charge in [0.05, 0.1) is 10.7 Å². The van der Waals surface area contributed by atoms with Crippen molar-refractivity contribution in [3.63, 3.8) is 0 Å². The molecule has 0 bridgehead atoms. The maximum absolute atomic E-state index is 4.60. The lowest BCUT2D eigenvalue weighted by atomic mass is 10.1. The third kappa shape index (κ3) is 1.52. The van der Waals surface area contributed by atoms with Gasteiger partial charge in [0.15, 0.2) is 0 Å². The molecule has 0 radical (unpaired) electrons. The number of hydrogen-bond acceptors (Lipinski definition) is 3. The summed E-state index contributed by atoms with van der Waals surface area (Å²) in [7, 11) is 0. The first-order valence-electron chi connectivity index (χ1n) is 5.55. The van der Waals surface area contributed by atoms with E-state index in [0.29, 0.717) is 0 Å². The molecule has 2 heterocycles. The third-order valence-corrected chi connectivity index (χ3v) is 3.88. The molecule has 16 heavy (non-hydrogen) atoms. The van der Waals surface area contributed by atoms with E-state index in [2.05, 4.69) is 42.3 Å². The summed E-state index contributed by atoms with van der Waals surface area (Å²) < 4.78 is 0. The lowest BCUT2D eigenvalue weighted by Crippen LogP contribution is -1.90. The Morgan fingerprint density at radius 3 is 2.94 bits per heavy atom. The molecule has 0 saturated carbocycles. The average molecular weight is 230 g/mol. The third-order valence-electron chi connectivity index (χ3n) is 2.99. The number of fused-ring (bicyclic) bond motifs is 1. The van der Waals surface area contributed by atoms with Gasteiger partial charge in [0.1, 0.15) is 0 Å². The molecule has 0 aliphatic carbocycles. The van der Waals surface area contributed by atoms with Gasteiger partial charge in [0, 0.05) is 22.7 Å². The highest BCUT2D eigenvalue weighted by molar-refractivity contribution is 7.11. The highest BCUT2D eigenvalue weighted by Crippen LogP contribution is 2.31. The molecule has 0 fully saturated rings. The van der Waals surface area contributed by atoms with E-state index in [9.17, 15) is 0 Å². The number of hydrogen-bond donors (Lipinski definition) is 1. The zero-order valence-corrected chi connectivity index (χ0v) is 10.3. The summed E-state index contributed by atoms with van der Waals surface area (Å²) in [5.41, 5.74) is 5.11. The van der Waals surface area contributed by atoms with Gasteiger partial charge in [-0.15, -0.1) is 11.3 Å². The predicted octanol–water partition coefficient (Wildman–Crippen LogP) is 3.39. The fourth-order valence-electron chi connectivity index (χ4n) is 2.25. The Hall–Kier alpha value is -1.35. The summed E-state index contributed by atoms with van der Waals surface area (Å²) in [4.78, 5) is 5.91. The molecule has 2 aromatic rings. The van der Waals surface area contributed by atoms with Gasteiger partial charge in [-0.1, -0.05) is 6.07 Å². The van der Waals surface area contributed by atoms with E-state index in [1.165, 1.54) is 21.7 Å². The van der Waals surface area contributed by atoms with Crippen LogP contribution in [0.4, 0.5) is 5.69 Å². The smallest absolute Gasteiger partial charge is 0.0904 e. The molecule has 0 saturated heterocycles. The largest absolute Gasteiger partial charge is 0.384 e. The Balaban J connectivity index is 2.10. The summed E-state index contributed by atoms with van der Waals surface area (Å²) in [5.74, 6) is 0. The van der Waals surface area contributed by atoms with Crippen LogP contribution in [0, 0.1) is 13.8 Å². The molecule has 1 aliphatic heterocycles. The van der Waals surface area contributed by atoms with Crippen LogP contribution in [0.15, 0.2) is 18.2 Å².